The summed E-state index contributed by atoms with van der Waals surface area (Å²) in [6.45, 7) is 9.86. The Kier molecular flexibility index (Phi) is 7.91. The van der Waals surface area contributed by atoms with E-state index in [0.29, 0.717) is 18.0 Å². The SMILES string of the molecule is CCC(O)CC1CC(NCCCO)CN(C(C)C)C1. The van der Waals surface area contributed by atoms with E-state index in [4.69, 9.17) is 5.11 Å². The van der Waals surface area contributed by atoms with Crippen LogP contribution in [0.5, 0.6) is 0 Å². The number of nitrogens with one attached hydrogen (secondary N) is 1. The highest BCUT2D eigenvalue weighted by Crippen LogP contribution is 2.23. The first kappa shape index (κ1) is 16.9. The third-order valence-corrected chi connectivity index (χ3v) is 4.14. The molecule has 3 unspecified atom stereocenters. The zero-order valence-electron chi connectivity index (χ0n) is 12.8. The molecule has 1 aliphatic heterocycles. The van der Waals surface area contributed by atoms with Crippen molar-refractivity contribution in [2.75, 3.05) is 26.2 Å². The lowest BCUT2D eigenvalue weighted by molar-refractivity contribution is 0.0691. The number of rotatable bonds is 8. The Morgan fingerprint density at radius 3 is 2.63 bits per heavy atom. The smallest absolute Gasteiger partial charge is 0.0540 e. The Bertz CT molecular complexity index is 236. The average Bonchev–Trinajstić information content (AvgIpc) is 2.38. The number of aliphatic hydroxyl groups excluding tert-OH is 2. The van der Waals surface area contributed by atoms with Crippen molar-refractivity contribution in [2.45, 2.75) is 64.6 Å². The molecule has 1 saturated heterocycles. The minimum Gasteiger partial charge on any atom is -0.396 e. The molecule has 0 saturated carbocycles. The molecule has 1 fully saturated rings. The molecule has 0 aliphatic carbocycles. The van der Waals surface area contributed by atoms with Crippen molar-refractivity contribution in [1.29, 1.82) is 0 Å². The lowest BCUT2D eigenvalue weighted by atomic mass is 9.88. The maximum Gasteiger partial charge on any atom is 0.0540 e. The maximum atomic E-state index is 9.86. The molecule has 1 heterocycles. The fourth-order valence-electron chi connectivity index (χ4n) is 2.92. The number of aliphatic hydroxyl groups is 2. The molecular weight excluding hydrogens is 240 g/mol. The summed E-state index contributed by atoms with van der Waals surface area (Å²) in [7, 11) is 0. The van der Waals surface area contributed by atoms with Crippen LogP contribution in [-0.2, 0) is 0 Å². The van der Waals surface area contributed by atoms with E-state index in [2.05, 4.69) is 24.1 Å². The van der Waals surface area contributed by atoms with Crippen LogP contribution >= 0.6 is 0 Å². The highest BCUT2D eigenvalue weighted by atomic mass is 16.3. The summed E-state index contributed by atoms with van der Waals surface area (Å²) >= 11 is 0. The molecule has 0 aromatic carbocycles. The van der Waals surface area contributed by atoms with Gasteiger partial charge in [-0.2, -0.15) is 0 Å². The van der Waals surface area contributed by atoms with Gasteiger partial charge in [0.1, 0.15) is 0 Å². The van der Waals surface area contributed by atoms with Crippen LogP contribution in [0, 0.1) is 5.92 Å². The molecule has 1 rings (SSSR count). The lowest BCUT2D eigenvalue weighted by Gasteiger charge is -2.41. The van der Waals surface area contributed by atoms with Crippen molar-refractivity contribution in [2.24, 2.45) is 5.92 Å². The Balaban J connectivity index is 2.47. The zero-order valence-corrected chi connectivity index (χ0v) is 12.8. The summed E-state index contributed by atoms with van der Waals surface area (Å²) in [4.78, 5) is 2.51. The van der Waals surface area contributed by atoms with Crippen molar-refractivity contribution in [3.05, 3.63) is 0 Å². The van der Waals surface area contributed by atoms with Crippen molar-refractivity contribution >= 4 is 0 Å². The fourth-order valence-corrected chi connectivity index (χ4v) is 2.92. The second-order valence-corrected chi connectivity index (χ2v) is 6.18. The van der Waals surface area contributed by atoms with Crippen LogP contribution in [0.4, 0.5) is 0 Å². The number of nitrogens with zero attached hydrogens (tertiary/aromatic N) is 1. The Hall–Kier alpha value is -0.160. The van der Waals surface area contributed by atoms with Gasteiger partial charge in [-0.15, -0.1) is 0 Å². The molecule has 114 valence electrons. The molecule has 19 heavy (non-hydrogen) atoms. The Labute approximate surface area is 118 Å². The molecule has 0 aromatic heterocycles. The normalized spacial score (nSPS) is 26.8. The summed E-state index contributed by atoms with van der Waals surface area (Å²) < 4.78 is 0. The van der Waals surface area contributed by atoms with Crippen LogP contribution in [0.25, 0.3) is 0 Å². The van der Waals surface area contributed by atoms with Crippen LogP contribution in [0.2, 0.25) is 0 Å². The van der Waals surface area contributed by atoms with E-state index in [-0.39, 0.29) is 12.7 Å². The van der Waals surface area contributed by atoms with E-state index in [1.165, 1.54) is 0 Å². The number of hydrogen-bond acceptors (Lipinski definition) is 4. The first-order valence-electron chi connectivity index (χ1n) is 7.83. The third-order valence-electron chi connectivity index (χ3n) is 4.14. The molecule has 1 aliphatic rings. The van der Waals surface area contributed by atoms with Crippen molar-refractivity contribution < 1.29 is 10.2 Å². The van der Waals surface area contributed by atoms with Crippen molar-refractivity contribution in [1.82, 2.24) is 10.2 Å². The van der Waals surface area contributed by atoms with Gasteiger partial charge in [-0.1, -0.05) is 6.92 Å². The van der Waals surface area contributed by atoms with Gasteiger partial charge in [-0.25, -0.2) is 0 Å². The fraction of sp³-hybridized carbons (Fsp3) is 1.00. The van der Waals surface area contributed by atoms with E-state index in [1.807, 2.05) is 6.92 Å². The second-order valence-electron chi connectivity index (χ2n) is 6.18. The molecule has 0 amide bonds. The predicted octanol–water partition coefficient (Wildman–Crippen LogP) is 1.22. The van der Waals surface area contributed by atoms with Gasteiger partial charge in [0.2, 0.25) is 0 Å². The lowest BCUT2D eigenvalue weighted by Crippen LogP contribution is -2.52. The molecule has 0 spiro atoms. The quantitative estimate of drug-likeness (QED) is 0.582. The minimum absolute atomic E-state index is 0.157. The van der Waals surface area contributed by atoms with E-state index in [1.54, 1.807) is 0 Å². The van der Waals surface area contributed by atoms with Crippen molar-refractivity contribution in [3.63, 3.8) is 0 Å². The zero-order chi connectivity index (χ0) is 14.3. The van der Waals surface area contributed by atoms with Crippen LogP contribution in [0.3, 0.4) is 0 Å². The standard InChI is InChI=1S/C15H32N2O2/c1-4-15(19)9-13-8-14(16-6-5-7-18)11-17(10-13)12(2)3/h12-16,18-19H,4-11H2,1-3H3. The van der Waals surface area contributed by atoms with Gasteiger partial charge in [0.15, 0.2) is 0 Å². The van der Waals surface area contributed by atoms with E-state index >= 15 is 0 Å². The van der Waals surface area contributed by atoms with Crippen LogP contribution in [0.1, 0.15) is 46.5 Å². The average molecular weight is 272 g/mol. The molecule has 4 nitrogen and oxygen atoms in total. The molecule has 3 atom stereocenters. The van der Waals surface area contributed by atoms with Gasteiger partial charge in [0.25, 0.3) is 0 Å². The van der Waals surface area contributed by atoms with Crippen LogP contribution in [-0.4, -0.2) is 59.5 Å². The van der Waals surface area contributed by atoms with Gasteiger partial charge >= 0.3 is 0 Å². The summed E-state index contributed by atoms with van der Waals surface area (Å²) in [5.41, 5.74) is 0. The van der Waals surface area contributed by atoms with Gasteiger partial charge in [0, 0.05) is 31.8 Å². The monoisotopic (exact) mass is 272 g/mol. The van der Waals surface area contributed by atoms with Gasteiger partial charge < -0.3 is 15.5 Å². The molecule has 3 N–H and O–H groups in total. The summed E-state index contributed by atoms with van der Waals surface area (Å²) in [6.07, 6.45) is 3.57. The number of piperidine rings is 1. The molecule has 0 radical (unpaired) electrons. The number of likely N-dealkylation sites (tertiary alicyclic amines) is 1. The predicted molar refractivity (Wildman–Crippen MR) is 79.2 cm³/mol. The van der Waals surface area contributed by atoms with Crippen LogP contribution < -0.4 is 5.32 Å². The summed E-state index contributed by atoms with van der Waals surface area (Å²) in [6, 6.07) is 1.06. The first-order valence-corrected chi connectivity index (χ1v) is 7.83. The summed E-state index contributed by atoms with van der Waals surface area (Å²) in [5.74, 6) is 0.581. The minimum atomic E-state index is -0.157. The third kappa shape index (κ3) is 6.21. The van der Waals surface area contributed by atoms with Crippen molar-refractivity contribution in [3.8, 4) is 0 Å². The first-order chi connectivity index (χ1) is 9.06. The van der Waals surface area contributed by atoms with Gasteiger partial charge in [0.05, 0.1) is 6.10 Å². The molecule has 0 bridgehead atoms. The molecule has 4 heteroatoms. The second kappa shape index (κ2) is 8.90. The molecular formula is C15H32N2O2. The topological polar surface area (TPSA) is 55.7 Å². The van der Waals surface area contributed by atoms with E-state index < -0.39 is 0 Å². The Morgan fingerprint density at radius 1 is 1.32 bits per heavy atom. The number of hydrogen-bond donors (Lipinski definition) is 3. The largest absolute Gasteiger partial charge is 0.396 e. The van der Waals surface area contributed by atoms with Crippen LogP contribution in [0.15, 0.2) is 0 Å². The maximum absolute atomic E-state index is 9.86. The highest BCUT2D eigenvalue weighted by molar-refractivity contribution is 4.85. The van der Waals surface area contributed by atoms with Gasteiger partial charge in [-0.3, -0.25) is 4.90 Å². The highest BCUT2D eigenvalue weighted by Gasteiger charge is 2.29. The van der Waals surface area contributed by atoms with E-state index in [0.717, 1.165) is 45.3 Å². The molecule has 0 aromatic rings. The van der Waals surface area contributed by atoms with E-state index in [9.17, 15) is 5.11 Å². The van der Waals surface area contributed by atoms with Gasteiger partial charge in [-0.05, 0) is 52.0 Å². The summed E-state index contributed by atoms with van der Waals surface area (Å²) in [5, 5.41) is 22.3. The Morgan fingerprint density at radius 2 is 2.05 bits per heavy atom.